The van der Waals surface area contributed by atoms with Gasteiger partial charge in [0.25, 0.3) is 0 Å². The standard InChI is InChI=1S/C11H24O6/c1-14-6-7-15-4-2-11(13)10-17-9-8-16-5-3-12/h11-13H,2-10H2,1H3. The van der Waals surface area contributed by atoms with Gasteiger partial charge in [-0.25, -0.2) is 0 Å². The maximum atomic E-state index is 9.49. The molecule has 0 saturated heterocycles. The number of rotatable bonds is 13. The zero-order valence-electron chi connectivity index (χ0n) is 10.5. The normalized spacial score (nSPS) is 12.9. The molecule has 0 aromatic rings. The maximum Gasteiger partial charge on any atom is 0.0795 e. The average Bonchev–Trinajstić information content (AvgIpc) is 2.33. The van der Waals surface area contributed by atoms with E-state index >= 15 is 0 Å². The van der Waals surface area contributed by atoms with E-state index in [1.54, 1.807) is 7.11 Å². The van der Waals surface area contributed by atoms with Crippen molar-refractivity contribution in [3.63, 3.8) is 0 Å². The molecule has 0 aliphatic carbocycles. The molecular formula is C11H24O6. The molecule has 0 aromatic carbocycles. The lowest BCUT2D eigenvalue weighted by atomic mass is 10.3. The van der Waals surface area contributed by atoms with Crippen LogP contribution in [0.1, 0.15) is 6.42 Å². The molecule has 6 heteroatoms. The van der Waals surface area contributed by atoms with Crippen molar-refractivity contribution in [3.05, 3.63) is 0 Å². The fraction of sp³-hybridized carbons (Fsp3) is 1.00. The van der Waals surface area contributed by atoms with E-state index in [2.05, 4.69) is 0 Å². The number of ether oxygens (including phenoxy) is 4. The first-order valence-corrected chi connectivity index (χ1v) is 5.82. The summed E-state index contributed by atoms with van der Waals surface area (Å²) in [5.41, 5.74) is 0. The lowest BCUT2D eigenvalue weighted by Gasteiger charge is -2.11. The molecule has 0 spiro atoms. The lowest BCUT2D eigenvalue weighted by molar-refractivity contribution is -0.0154. The summed E-state index contributed by atoms with van der Waals surface area (Å²) in [5.74, 6) is 0. The minimum atomic E-state index is -0.518. The van der Waals surface area contributed by atoms with Gasteiger partial charge < -0.3 is 29.2 Å². The van der Waals surface area contributed by atoms with Crippen molar-refractivity contribution in [2.45, 2.75) is 12.5 Å². The largest absolute Gasteiger partial charge is 0.394 e. The van der Waals surface area contributed by atoms with Crippen LogP contribution in [0.3, 0.4) is 0 Å². The second-order valence-electron chi connectivity index (χ2n) is 3.46. The third kappa shape index (κ3) is 13.7. The molecule has 0 saturated carbocycles. The Hall–Kier alpha value is -0.240. The molecule has 1 atom stereocenters. The predicted octanol–water partition coefficient (Wildman–Crippen LogP) is -0.574. The molecule has 17 heavy (non-hydrogen) atoms. The van der Waals surface area contributed by atoms with Crippen LogP contribution < -0.4 is 0 Å². The number of hydrogen-bond acceptors (Lipinski definition) is 6. The van der Waals surface area contributed by atoms with Crippen molar-refractivity contribution in [2.24, 2.45) is 0 Å². The van der Waals surface area contributed by atoms with Gasteiger partial charge in [0.1, 0.15) is 0 Å². The van der Waals surface area contributed by atoms with Gasteiger partial charge in [0.15, 0.2) is 0 Å². The highest BCUT2D eigenvalue weighted by Crippen LogP contribution is 1.94. The first-order chi connectivity index (χ1) is 8.31. The summed E-state index contributed by atoms with van der Waals surface area (Å²) in [6, 6.07) is 0. The van der Waals surface area contributed by atoms with Crippen LogP contribution in [0.2, 0.25) is 0 Å². The molecule has 0 amide bonds. The van der Waals surface area contributed by atoms with Crippen LogP contribution in [0, 0.1) is 0 Å². The fourth-order valence-electron chi connectivity index (χ4n) is 1.05. The second-order valence-corrected chi connectivity index (χ2v) is 3.46. The van der Waals surface area contributed by atoms with Crippen LogP contribution in [0.15, 0.2) is 0 Å². The Morgan fingerprint density at radius 1 is 0.882 bits per heavy atom. The number of aliphatic hydroxyl groups excluding tert-OH is 2. The highest BCUT2D eigenvalue weighted by molar-refractivity contribution is 4.52. The van der Waals surface area contributed by atoms with E-state index < -0.39 is 6.10 Å². The maximum absolute atomic E-state index is 9.49. The summed E-state index contributed by atoms with van der Waals surface area (Å²) in [5, 5.41) is 17.9. The van der Waals surface area contributed by atoms with E-state index in [1.807, 2.05) is 0 Å². The summed E-state index contributed by atoms with van der Waals surface area (Å²) in [6.07, 6.45) is 0.0247. The minimum Gasteiger partial charge on any atom is -0.394 e. The summed E-state index contributed by atoms with van der Waals surface area (Å²) < 4.78 is 20.2. The Kier molecular flexibility index (Phi) is 13.6. The van der Waals surface area contributed by atoms with Gasteiger partial charge in [-0.2, -0.15) is 0 Å². The highest BCUT2D eigenvalue weighted by Gasteiger charge is 2.03. The van der Waals surface area contributed by atoms with Crippen LogP contribution in [-0.4, -0.2) is 76.3 Å². The summed E-state index contributed by atoms with van der Waals surface area (Å²) in [6.45, 7) is 3.05. The van der Waals surface area contributed by atoms with E-state index in [0.29, 0.717) is 46.1 Å². The predicted molar refractivity (Wildman–Crippen MR) is 62.0 cm³/mol. The monoisotopic (exact) mass is 252 g/mol. The van der Waals surface area contributed by atoms with Gasteiger partial charge in [-0.15, -0.1) is 0 Å². The Morgan fingerprint density at radius 3 is 2.24 bits per heavy atom. The molecule has 0 rings (SSSR count). The lowest BCUT2D eigenvalue weighted by Crippen LogP contribution is -2.20. The fourth-order valence-corrected chi connectivity index (χ4v) is 1.05. The Balaban J connectivity index is 3.09. The van der Waals surface area contributed by atoms with Crippen molar-refractivity contribution < 1.29 is 29.2 Å². The van der Waals surface area contributed by atoms with Gasteiger partial charge in [-0.3, -0.25) is 0 Å². The van der Waals surface area contributed by atoms with Crippen LogP contribution >= 0.6 is 0 Å². The SMILES string of the molecule is COCCOCCC(O)COCCOCCO. The van der Waals surface area contributed by atoms with Crippen molar-refractivity contribution in [2.75, 3.05) is 60.0 Å². The molecule has 0 aliphatic heterocycles. The molecule has 1 unspecified atom stereocenters. The van der Waals surface area contributed by atoms with Gasteiger partial charge >= 0.3 is 0 Å². The molecule has 0 heterocycles. The van der Waals surface area contributed by atoms with E-state index in [0.717, 1.165) is 0 Å². The summed E-state index contributed by atoms with van der Waals surface area (Å²) in [7, 11) is 1.62. The zero-order chi connectivity index (χ0) is 12.8. The Morgan fingerprint density at radius 2 is 1.53 bits per heavy atom. The van der Waals surface area contributed by atoms with Crippen LogP contribution in [0.5, 0.6) is 0 Å². The molecule has 0 bridgehead atoms. The van der Waals surface area contributed by atoms with Crippen molar-refractivity contribution >= 4 is 0 Å². The van der Waals surface area contributed by atoms with E-state index in [9.17, 15) is 5.11 Å². The molecule has 0 radical (unpaired) electrons. The van der Waals surface area contributed by atoms with Gasteiger partial charge in [0.05, 0.1) is 52.4 Å². The van der Waals surface area contributed by atoms with Gasteiger partial charge in [-0.1, -0.05) is 0 Å². The smallest absolute Gasteiger partial charge is 0.0795 e. The third-order valence-corrected chi connectivity index (χ3v) is 1.95. The second kappa shape index (κ2) is 13.8. The molecule has 0 aromatic heterocycles. The average molecular weight is 252 g/mol. The van der Waals surface area contributed by atoms with Crippen molar-refractivity contribution in [1.82, 2.24) is 0 Å². The number of methoxy groups -OCH3 is 1. The highest BCUT2D eigenvalue weighted by atomic mass is 16.5. The zero-order valence-corrected chi connectivity index (χ0v) is 10.5. The van der Waals surface area contributed by atoms with Crippen LogP contribution in [-0.2, 0) is 18.9 Å². The molecular weight excluding hydrogens is 228 g/mol. The van der Waals surface area contributed by atoms with Crippen LogP contribution in [0.25, 0.3) is 0 Å². The van der Waals surface area contributed by atoms with Crippen LogP contribution in [0.4, 0.5) is 0 Å². The van der Waals surface area contributed by atoms with E-state index in [-0.39, 0.29) is 13.2 Å². The Bertz CT molecular complexity index is 144. The van der Waals surface area contributed by atoms with Crippen molar-refractivity contribution in [3.8, 4) is 0 Å². The summed E-state index contributed by atoms with van der Waals surface area (Å²) in [4.78, 5) is 0. The quantitative estimate of drug-likeness (QED) is 0.427. The third-order valence-electron chi connectivity index (χ3n) is 1.95. The van der Waals surface area contributed by atoms with Gasteiger partial charge in [0.2, 0.25) is 0 Å². The molecule has 2 N–H and O–H groups in total. The van der Waals surface area contributed by atoms with E-state index in [4.69, 9.17) is 24.1 Å². The minimum absolute atomic E-state index is 0.0153. The van der Waals surface area contributed by atoms with Crippen molar-refractivity contribution in [1.29, 1.82) is 0 Å². The first kappa shape index (κ1) is 16.8. The van der Waals surface area contributed by atoms with Gasteiger partial charge in [0, 0.05) is 13.7 Å². The Labute approximate surface area is 102 Å². The number of aliphatic hydroxyl groups is 2. The first-order valence-electron chi connectivity index (χ1n) is 5.82. The molecule has 6 nitrogen and oxygen atoms in total. The van der Waals surface area contributed by atoms with E-state index in [1.165, 1.54) is 0 Å². The number of hydrogen-bond donors (Lipinski definition) is 2. The van der Waals surface area contributed by atoms with Gasteiger partial charge in [-0.05, 0) is 6.42 Å². The molecule has 104 valence electrons. The molecule has 0 fully saturated rings. The summed E-state index contributed by atoms with van der Waals surface area (Å²) >= 11 is 0. The molecule has 0 aliphatic rings. The topological polar surface area (TPSA) is 77.4 Å².